The van der Waals surface area contributed by atoms with Gasteiger partial charge in [-0.25, -0.2) is 0 Å². The second-order valence-electron chi connectivity index (χ2n) is 7.36. The largest absolute Gasteiger partial charge is 0.368 e. The summed E-state index contributed by atoms with van der Waals surface area (Å²) in [6.45, 7) is 0.647. The van der Waals surface area contributed by atoms with Crippen molar-refractivity contribution in [2.75, 3.05) is 11.9 Å². The van der Waals surface area contributed by atoms with E-state index < -0.39 is 0 Å². The highest BCUT2D eigenvalue weighted by Crippen LogP contribution is 2.38. The Bertz CT molecular complexity index is 660. The molecule has 1 aromatic heterocycles. The summed E-state index contributed by atoms with van der Waals surface area (Å²) in [5, 5.41) is 6.86. The van der Waals surface area contributed by atoms with Crippen LogP contribution in [0.2, 0.25) is 0 Å². The molecule has 2 aliphatic carbocycles. The van der Waals surface area contributed by atoms with Gasteiger partial charge >= 0.3 is 0 Å². The number of carbonyl (C=O) groups excluding carboxylic acids is 2. The van der Waals surface area contributed by atoms with Crippen molar-refractivity contribution in [3.63, 3.8) is 0 Å². The number of thiophene rings is 1. The minimum atomic E-state index is -0.371. The van der Waals surface area contributed by atoms with Crippen molar-refractivity contribution in [1.29, 1.82) is 0 Å². The van der Waals surface area contributed by atoms with Crippen LogP contribution in [-0.2, 0) is 22.4 Å². The Morgan fingerprint density at radius 2 is 1.80 bits per heavy atom. The summed E-state index contributed by atoms with van der Waals surface area (Å²) >= 11 is 1.60. The first kappa shape index (κ1) is 17.0. The van der Waals surface area contributed by atoms with Crippen LogP contribution >= 0.6 is 11.3 Å². The Kier molecular flexibility index (Phi) is 5.08. The van der Waals surface area contributed by atoms with Gasteiger partial charge in [0, 0.05) is 17.5 Å². The van der Waals surface area contributed by atoms with Gasteiger partial charge in [-0.15, -0.1) is 11.3 Å². The van der Waals surface area contributed by atoms with Gasteiger partial charge in [0.2, 0.25) is 0 Å². The molecule has 25 heavy (non-hydrogen) atoms. The van der Waals surface area contributed by atoms with Crippen molar-refractivity contribution < 1.29 is 14.3 Å². The second kappa shape index (κ2) is 7.46. The van der Waals surface area contributed by atoms with Crippen LogP contribution in [0.4, 0.5) is 5.00 Å². The molecule has 0 bridgehead atoms. The second-order valence-corrected chi connectivity index (χ2v) is 8.47. The first-order valence-electron chi connectivity index (χ1n) is 9.60. The zero-order valence-corrected chi connectivity index (χ0v) is 15.4. The topological polar surface area (TPSA) is 67.4 Å². The van der Waals surface area contributed by atoms with E-state index in [0.29, 0.717) is 12.6 Å². The molecule has 1 saturated heterocycles. The fourth-order valence-electron chi connectivity index (χ4n) is 3.71. The zero-order chi connectivity index (χ0) is 17.2. The molecule has 1 aromatic rings. The first-order valence-corrected chi connectivity index (χ1v) is 10.4. The van der Waals surface area contributed by atoms with Gasteiger partial charge in [-0.3, -0.25) is 9.59 Å². The lowest BCUT2D eigenvalue weighted by Gasteiger charge is -2.13. The lowest BCUT2D eigenvalue weighted by molar-refractivity contribution is -0.124. The number of carbonyl (C=O) groups is 2. The van der Waals surface area contributed by atoms with Crippen molar-refractivity contribution in [2.24, 2.45) is 0 Å². The van der Waals surface area contributed by atoms with Crippen molar-refractivity contribution in [1.82, 2.24) is 5.32 Å². The van der Waals surface area contributed by atoms with E-state index in [-0.39, 0.29) is 17.9 Å². The summed E-state index contributed by atoms with van der Waals surface area (Å²) in [6.07, 6.45) is 10.1. The lowest BCUT2D eigenvalue weighted by atomic mass is 9.96. The summed E-state index contributed by atoms with van der Waals surface area (Å²) in [5.74, 6) is -0.115. The van der Waals surface area contributed by atoms with E-state index in [9.17, 15) is 9.59 Å². The van der Waals surface area contributed by atoms with Gasteiger partial charge in [-0.2, -0.15) is 0 Å². The Labute approximate surface area is 152 Å². The predicted molar refractivity (Wildman–Crippen MR) is 98.3 cm³/mol. The van der Waals surface area contributed by atoms with Gasteiger partial charge in [0.05, 0.1) is 5.56 Å². The monoisotopic (exact) mass is 362 g/mol. The van der Waals surface area contributed by atoms with Crippen molar-refractivity contribution in [2.45, 2.75) is 76.4 Å². The molecule has 0 unspecified atom stereocenters. The zero-order valence-electron chi connectivity index (χ0n) is 14.6. The number of aryl methyl sites for hydroxylation is 1. The molecule has 5 nitrogen and oxygen atoms in total. The molecular formula is C19H26N2O3S. The molecule has 0 radical (unpaired) electrons. The molecule has 6 heteroatoms. The molecule has 136 valence electrons. The molecule has 3 aliphatic rings. The van der Waals surface area contributed by atoms with E-state index in [1.165, 1.54) is 23.3 Å². The molecule has 2 amide bonds. The fraction of sp³-hybridized carbons (Fsp3) is 0.684. The summed E-state index contributed by atoms with van der Waals surface area (Å²) in [7, 11) is 0. The Morgan fingerprint density at radius 3 is 2.52 bits per heavy atom. The number of hydrogen-bond acceptors (Lipinski definition) is 4. The van der Waals surface area contributed by atoms with Crippen LogP contribution in [0, 0.1) is 0 Å². The average Bonchev–Trinajstić information content (AvgIpc) is 3.09. The number of nitrogens with one attached hydrogen (secondary N) is 2. The molecule has 1 aliphatic heterocycles. The SMILES string of the molecule is O=C(NC1CC1)c1c(NC(=O)[C@H]2CCCO2)sc2c1CCCCCC2. The van der Waals surface area contributed by atoms with E-state index in [0.717, 1.165) is 61.9 Å². The Morgan fingerprint density at radius 1 is 1.00 bits per heavy atom. The van der Waals surface area contributed by atoms with Gasteiger partial charge in [0.1, 0.15) is 11.1 Å². The number of amides is 2. The summed E-state index contributed by atoms with van der Waals surface area (Å²) in [5.41, 5.74) is 1.89. The van der Waals surface area contributed by atoms with Crippen LogP contribution in [0.15, 0.2) is 0 Å². The fourth-order valence-corrected chi connectivity index (χ4v) is 5.00. The third-order valence-electron chi connectivity index (χ3n) is 5.27. The van der Waals surface area contributed by atoms with E-state index in [2.05, 4.69) is 10.6 Å². The van der Waals surface area contributed by atoms with Gasteiger partial charge in [0.15, 0.2) is 0 Å². The van der Waals surface area contributed by atoms with E-state index in [1.807, 2.05) is 0 Å². The molecule has 4 rings (SSSR count). The summed E-state index contributed by atoms with van der Waals surface area (Å²) in [4.78, 5) is 26.7. The maximum absolute atomic E-state index is 12.9. The molecule has 2 fully saturated rings. The predicted octanol–water partition coefficient (Wildman–Crippen LogP) is 3.42. The van der Waals surface area contributed by atoms with E-state index in [4.69, 9.17) is 4.74 Å². The number of ether oxygens (including phenoxy) is 1. The Hall–Kier alpha value is -1.40. The van der Waals surface area contributed by atoms with Crippen LogP contribution in [0.25, 0.3) is 0 Å². The number of hydrogen-bond donors (Lipinski definition) is 2. The van der Waals surface area contributed by atoms with Gasteiger partial charge in [0.25, 0.3) is 11.8 Å². The number of anilines is 1. The minimum Gasteiger partial charge on any atom is -0.368 e. The van der Waals surface area contributed by atoms with Crippen LogP contribution < -0.4 is 10.6 Å². The smallest absolute Gasteiger partial charge is 0.254 e. The minimum absolute atomic E-state index is 0.0109. The molecule has 2 heterocycles. The third kappa shape index (κ3) is 3.90. The van der Waals surface area contributed by atoms with E-state index >= 15 is 0 Å². The molecule has 0 spiro atoms. The number of rotatable bonds is 4. The van der Waals surface area contributed by atoms with Crippen molar-refractivity contribution in [3.05, 3.63) is 16.0 Å². The first-order chi connectivity index (χ1) is 12.2. The molecular weight excluding hydrogens is 336 g/mol. The lowest BCUT2D eigenvalue weighted by Crippen LogP contribution is -2.30. The normalized spacial score (nSPS) is 23.4. The maximum atomic E-state index is 12.9. The highest BCUT2D eigenvalue weighted by molar-refractivity contribution is 7.17. The van der Waals surface area contributed by atoms with Gasteiger partial charge in [-0.05, 0) is 56.9 Å². The van der Waals surface area contributed by atoms with Gasteiger partial charge in [-0.1, -0.05) is 12.8 Å². The van der Waals surface area contributed by atoms with Crippen LogP contribution in [0.5, 0.6) is 0 Å². The molecule has 1 saturated carbocycles. The summed E-state index contributed by atoms with van der Waals surface area (Å²) in [6, 6.07) is 0.318. The maximum Gasteiger partial charge on any atom is 0.254 e. The molecule has 1 atom stereocenters. The quantitative estimate of drug-likeness (QED) is 0.862. The van der Waals surface area contributed by atoms with Crippen LogP contribution in [-0.4, -0.2) is 30.6 Å². The molecule has 0 aromatic carbocycles. The molecule has 2 N–H and O–H groups in total. The standard InChI is InChI=1S/C19H26N2O3S/c22-17(14-7-5-11-24-14)21-19-16(18(23)20-12-9-10-12)13-6-3-1-2-4-8-15(13)25-19/h12,14H,1-11H2,(H,20,23)(H,21,22)/t14-/m1/s1. The van der Waals surface area contributed by atoms with Crippen molar-refractivity contribution >= 4 is 28.2 Å². The third-order valence-corrected chi connectivity index (χ3v) is 6.48. The van der Waals surface area contributed by atoms with E-state index in [1.54, 1.807) is 11.3 Å². The van der Waals surface area contributed by atoms with Gasteiger partial charge < -0.3 is 15.4 Å². The average molecular weight is 362 g/mol. The van der Waals surface area contributed by atoms with Crippen LogP contribution in [0.1, 0.15) is 72.2 Å². The highest BCUT2D eigenvalue weighted by atomic mass is 32.1. The Balaban J connectivity index is 1.61. The summed E-state index contributed by atoms with van der Waals surface area (Å²) < 4.78 is 5.50. The van der Waals surface area contributed by atoms with Crippen molar-refractivity contribution in [3.8, 4) is 0 Å². The highest BCUT2D eigenvalue weighted by Gasteiger charge is 2.31. The van der Waals surface area contributed by atoms with Crippen LogP contribution in [0.3, 0.4) is 0 Å². The number of fused-ring (bicyclic) bond motifs is 1.